The summed E-state index contributed by atoms with van der Waals surface area (Å²) in [6, 6.07) is 2.71. The molecule has 1 N–H and O–H groups in total. The monoisotopic (exact) mass is 348 g/mol. The topological polar surface area (TPSA) is 81.5 Å². The highest BCUT2D eigenvalue weighted by Crippen LogP contribution is 2.39. The van der Waals surface area contributed by atoms with Crippen LogP contribution in [0.25, 0.3) is 0 Å². The number of non-ortho nitro benzene ring substituents is 1. The van der Waals surface area contributed by atoms with Crippen molar-refractivity contribution in [2.75, 3.05) is 5.32 Å². The second-order valence-electron chi connectivity index (χ2n) is 4.12. The maximum atomic E-state index is 11.7. The van der Waals surface area contributed by atoms with Crippen molar-refractivity contribution in [3.8, 4) is 5.75 Å². The molecule has 0 atom stereocenters. The number of rotatable bonds is 1. The third kappa shape index (κ3) is 2.06. The number of nitro groups is 1. The van der Waals surface area contributed by atoms with Crippen molar-refractivity contribution in [2.24, 2.45) is 0 Å². The van der Waals surface area contributed by atoms with Crippen LogP contribution < -0.4 is 10.1 Å². The first kappa shape index (κ1) is 12.1. The first-order chi connectivity index (χ1) is 7.81. The van der Waals surface area contributed by atoms with Crippen LogP contribution in [0.2, 0.25) is 0 Å². The summed E-state index contributed by atoms with van der Waals surface area (Å²) in [5, 5.41) is 13.4. The molecule has 90 valence electrons. The number of benzene rings is 1. The Balaban J connectivity index is 2.56. The zero-order valence-electron chi connectivity index (χ0n) is 9.11. The third-order valence-corrected chi connectivity index (χ3v) is 3.25. The Labute approximate surface area is 111 Å². The van der Waals surface area contributed by atoms with Gasteiger partial charge in [-0.2, -0.15) is 0 Å². The Morgan fingerprint density at radius 1 is 1.47 bits per heavy atom. The minimum absolute atomic E-state index is 0.0555. The van der Waals surface area contributed by atoms with E-state index in [-0.39, 0.29) is 11.6 Å². The average Bonchev–Trinajstić information content (AvgIpc) is 2.20. The molecule has 0 unspecified atom stereocenters. The fraction of sp³-hybridized carbons (Fsp3) is 0.300. The fourth-order valence-electron chi connectivity index (χ4n) is 1.46. The summed E-state index contributed by atoms with van der Waals surface area (Å²) in [6.07, 6.45) is 0. The molecule has 0 bridgehead atoms. The van der Waals surface area contributed by atoms with E-state index in [2.05, 4.69) is 5.32 Å². The van der Waals surface area contributed by atoms with Crippen molar-refractivity contribution in [3.05, 3.63) is 25.8 Å². The van der Waals surface area contributed by atoms with E-state index < -0.39 is 10.5 Å². The van der Waals surface area contributed by atoms with Crippen molar-refractivity contribution in [1.82, 2.24) is 0 Å². The van der Waals surface area contributed by atoms with Crippen LogP contribution in [0.5, 0.6) is 5.75 Å². The van der Waals surface area contributed by atoms with Gasteiger partial charge in [-0.1, -0.05) is 0 Å². The first-order valence-electron chi connectivity index (χ1n) is 4.79. The molecule has 0 fully saturated rings. The molecule has 1 aromatic carbocycles. The van der Waals surface area contributed by atoms with Crippen LogP contribution in [0.3, 0.4) is 0 Å². The van der Waals surface area contributed by atoms with E-state index in [4.69, 9.17) is 4.74 Å². The largest absolute Gasteiger partial charge is 0.476 e. The number of fused-ring (bicyclic) bond motifs is 1. The predicted octanol–water partition coefficient (Wildman–Crippen LogP) is 2.31. The molecule has 0 saturated carbocycles. The number of nitrogens with one attached hydrogen (secondary N) is 1. The van der Waals surface area contributed by atoms with Crippen LogP contribution in [0, 0.1) is 13.7 Å². The summed E-state index contributed by atoms with van der Waals surface area (Å²) in [5.41, 5.74) is -0.591. The van der Waals surface area contributed by atoms with Gasteiger partial charge in [0.15, 0.2) is 11.4 Å². The van der Waals surface area contributed by atoms with E-state index in [1.165, 1.54) is 12.1 Å². The van der Waals surface area contributed by atoms with E-state index in [1.54, 1.807) is 13.8 Å². The molecule has 1 heterocycles. The molecule has 0 aromatic heterocycles. The van der Waals surface area contributed by atoms with Crippen molar-refractivity contribution >= 4 is 39.9 Å². The predicted molar refractivity (Wildman–Crippen MR) is 69.2 cm³/mol. The lowest BCUT2D eigenvalue weighted by Gasteiger charge is -2.31. The lowest BCUT2D eigenvalue weighted by molar-refractivity contribution is -0.385. The number of ether oxygens (including phenoxy) is 1. The van der Waals surface area contributed by atoms with Gasteiger partial charge in [-0.15, -0.1) is 0 Å². The second-order valence-corrected chi connectivity index (χ2v) is 5.29. The molecule has 2 rings (SSSR count). The van der Waals surface area contributed by atoms with Gasteiger partial charge in [0.1, 0.15) is 0 Å². The van der Waals surface area contributed by atoms with Gasteiger partial charge in [0, 0.05) is 9.64 Å². The van der Waals surface area contributed by atoms with Gasteiger partial charge in [-0.05, 0) is 36.4 Å². The van der Waals surface area contributed by atoms with E-state index in [9.17, 15) is 14.9 Å². The maximum Gasteiger partial charge on any atom is 0.274 e. The molecular weight excluding hydrogens is 339 g/mol. The number of carbonyl (C=O) groups is 1. The Hall–Kier alpha value is -1.38. The maximum absolute atomic E-state index is 11.7. The number of nitro benzene ring substituents is 1. The van der Waals surface area contributed by atoms with Crippen LogP contribution >= 0.6 is 22.6 Å². The van der Waals surface area contributed by atoms with Gasteiger partial charge in [-0.25, -0.2) is 0 Å². The summed E-state index contributed by atoms with van der Waals surface area (Å²) < 4.78 is 6.06. The minimum Gasteiger partial charge on any atom is -0.476 e. The average molecular weight is 348 g/mol. The van der Waals surface area contributed by atoms with Gasteiger partial charge in [0.2, 0.25) is 0 Å². The summed E-state index contributed by atoms with van der Waals surface area (Å²) >= 11 is 1.92. The summed E-state index contributed by atoms with van der Waals surface area (Å²) in [4.78, 5) is 21.9. The molecule has 7 heteroatoms. The highest BCUT2D eigenvalue weighted by molar-refractivity contribution is 14.1. The highest BCUT2D eigenvalue weighted by atomic mass is 127. The Kier molecular flexibility index (Phi) is 2.72. The number of hydrogen-bond acceptors (Lipinski definition) is 4. The van der Waals surface area contributed by atoms with Gasteiger partial charge in [0.05, 0.1) is 16.7 Å². The zero-order chi connectivity index (χ0) is 12.8. The molecule has 17 heavy (non-hydrogen) atoms. The second kappa shape index (κ2) is 3.83. The standard InChI is InChI=1S/C10H9IN2O4/c1-10(2)9(14)12-8-6(11)3-5(13(15)16)4-7(8)17-10/h3-4H,1-2H3,(H,12,14). The third-order valence-electron chi connectivity index (χ3n) is 2.40. The van der Waals surface area contributed by atoms with Gasteiger partial charge >= 0.3 is 0 Å². The van der Waals surface area contributed by atoms with E-state index in [0.717, 1.165) is 0 Å². The van der Waals surface area contributed by atoms with Crippen LogP contribution in [0.1, 0.15) is 13.8 Å². The zero-order valence-corrected chi connectivity index (χ0v) is 11.3. The highest BCUT2D eigenvalue weighted by Gasteiger charge is 2.37. The van der Waals surface area contributed by atoms with Crippen molar-refractivity contribution < 1.29 is 14.5 Å². The number of amides is 1. The number of carbonyl (C=O) groups excluding carboxylic acids is 1. The molecular formula is C10H9IN2O4. The molecule has 0 aliphatic carbocycles. The molecule has 1 aromatic rings. The number of anilines is 1. The van der Waals surface area contributed by atoms with Crippen LogP contribution in [-0.2, 0) is 4.79 Å². The molecule has 1 aliphatic rings. The molecule has 6 nitrogen and oxygen atoms in total. The van der Waals surface area contributed by atoms with Crippen LogP contribution in [0.4, 0.5) is 11.4 Å². The van der Waals surface area contributed by atoms with Crippen molar-refractivity contribution in [1.29, 1.82) is 0 Å². The first-order valence-corrected chi connectivity index (χ1v) is 5.87. The Morgan fingerprint density at radius 3 is 2.71 bits per heavy atom. The van der Waals surface area contributed by atoms with E-state index in [0.29, 0.717) is 15.0 Å². The molecule has 0 spiro atoms. The quantitative estimate of drug-likeness (QED) is 0.480. The van der Waals surface area contributed by atoms with Crippen LogP contribution in [0.15, 0.2) is 12.1 Å². The summed E-state index contributed by atoms with van der Waals surface area (Å²) in [6.45, 7) is 3.22. The molecule has 1 aliphatic heterocycles. The van der Waals surface area contributed by atoms with E-state index in [1.807, 2.05) is 22.6 Å². The van der Waals surface area contributed by atoms with Gasteiger partial charge in [0.25, 0.3) is 11.6 Å². The number of hydrogen-bond donors (Lipinski definition) is 1. The smallest absolute Gasteiger partial charge is 0.274 e. The normalized spacial score (nSPS) is 16.8. The fourth-order valence-corrected chi connectivity index (χ4v) is 2.18. The minimum atomic E-state index is -1.02. The van der Waals surface area contributed by atoms with Crippen LogP contribution in [-0.4, -0.2) is 16.4 Å². The number of halogens is 1. The van der Waals surface area contributed by atoms with Crippen molar-refractivity contribution in [2.45, 2.75) is 19.4 Å². The summed E-state index contributed by atoms with van der Waals surface area (Å²) in [5.74, 6) is 0.0602. The molecule has 0 radical (unpaired) electrons. The molecule has 0 saturated heterocycles. The van der Waals surface area contributed by atoms with E-state index >= 15 is 0 Å². The Bertz CT molecular complexity index is 527. The van der Waals surface area contributed by atoms with Crippen molar-refractivity contribution in [3.63, 3.8) is 0 Å². The Morgan fingerprint density at radius 2 is 2.12 bits per heavy atom. The summed E-state index contributed by atoms with van der Waals surface area (Å²) in [7, 11) is 0. The van der Waals surface area contributed by atoms with Gasteiger partial charge < -0.3 is 10.1 Å². The number of nitrogens with zero attached hydrogens (tertiary/aromatic N) is 1. The molecule has 1 amide bonds. The van der Waals surface area contributed by atoms with Gasteiger partial charge in [-0.3, -0.25) is 14.9 Å². The SMILES string of the molecule is CC1(C)Oc2cc([N+](=O)[O-])cc(I)c2NC1=O. The lowest BCUT2D eigenvalue weighted by atomic mass is 10.1. The lowest BCUT2D eigenvalue weighted by Crippen LogP contribution is -2.45.